The van der Waals surface area contributed by atoms with Crippen molar-refractivity contribution in [1.82, 2.24) is 30.0 Å². The summed E-state index contributed by atoms with van der Waals surface area (Å²) in [6, 6.07) is 19.5. The normalized spacial score (nSPS) is 16.6. The third-order valence-corrected chi connectivity index (χ3v) is 5.73. The molecule has 1 aromatic heterocycles. The second-order valence-electron chi connectivity index (χ2n) is 7.86. The summed E-state index contributed by atoms with van der Waals surface area (Å²) in [7, 11) is 1.70. The third kappa shape index (κ3) is 4.92. The highest BCUT2D eigenvalue weighted by atomic mass is 16.5. The molecule has 0 amide bonds. The lowest BCUT2D eigenvalue weighted by Gasteiger charge is -2.39. The molecule has 0 spiro atoms. The van der Waals surface area contributed by atoms with E-state index in [1.54, 1.807) is 7.11 Å². The number of hydrogen-bond donors (Lipinski definition) is 0. The van der Waals surface area contributed by atoms with Gasteiger partial charge in [0.25, 0.3) is 0 Å². The monoisotopic (exact) mass is 406 g/mol. The van der Waals surface area contributed by atoms with Crippen LogP contribution in [0.15, 0.2) is 54.6 Å². The number of aryl methyl sites for hydroxylation is 1. The maximum Gasteiger partial charge on any atom is 0.173 e. The molecule has 2 heterocycles. The van der Waals surface area contributed by atoms with Gasteiger partial charge < -0.3 is 4.74 Å². The van der Waals surface area contributed by atoms with Gasteiger partial charge in [-0.15, -0.1) is 5.10 Å². The van der Waals surface area contributed by atoms with Crippen LogP contribution in [0.4, 0.5) is 0 Å². The average molecular weight is 407 g/mol. The Morgan fingerprint density at radius 3 is 2.40 bits per heavy atom. The highest BCUT2D eigenvalue weighted by Gasteiger charge is 2.30. The van der Waals surface area contributed by atoms with Gasteiger partial charge in [0.2, 0.25) is 0 Å². The Labute approximate surface area is 178 Å². The first-order valence-corrected chi connectivity index (χ1v) is 10.6. The molecule has 1 aliphatic heterocycles. The Morgan fingerprint density at radius 2 is 1.70 bits per heavy atom. The summed E-state index contributed by atoms with van der Waals surface area (Å²) >= 11 is 0. The fourth-order valence-corrected chi connectivity index (χ4v) is 4.04. The van der Waals surface area contributed by atoms with Crippen LogP contribution in [0.5, 0.6) is 0 Å². The molecule has 7 nitrogen and oxygen atoms in total. The average Bonchev–Trinajstić information content (AvgIpc) is 3.24. The molecule has 3 aromatic rings. The van der Waals surface area contributed by atoms with Crippen molar-refractivity contribution in [2.75, 3.05) is 39.9 Å². The SMILES string of the molecule is COCCn1nnnc1[C@H](c1ccc(C)cc1)N1CCN(Cc2ccccc2)CC1. The first-order chi connectivity index (χ1) is 14.7. The van der Waals surface area contributed by atoms with Gasteiger partial charge in [-0.1, -0.05) is 60.2 Å². The fourth-order valence-electron chi connectivity index (χ4n) is 4.04. The van der Waals surface area contributed by atoms with Gasteiger partial charge in [-0.05, 0) is 28.5 Å². The summed E-state index contributed by atoms with van der Waals surface area (Å²) in [5.74, 6) is 0.882. The van der Waals surface area contributed by atoms with E-state index < -0.39 is 0 Å². The Balaban J connectivity index is 1.52. The van der Waals surface area contributed by atoms with E-state index in [0.717, 1.165) is 38.5 Å². The van der Waals surface area contributed by atoms with Crippen LogP contribution in [0, 0.1) is 6.92 Å². The molecule has 158 valence electrons. The summed E-state index contributed by atoms with van der Waals surface area (Å²) in [4.78, 5) is 5.02. The van der Waals surface area contributed by atoms with E-state index in [-0.39, 0.29) is 6.04 Å². The standard InChI is InChI=1S/C23H30N6O/c1-19-8-10-21(11-9-19)22(23-24-25-26-29(23)16-17-30-2)28-14-12-27(13-15-28)18-20-6-4-3-5-7-20/h3-11,22H,12-18H2,1-2H3/t22-/m0/s1. The van der Waals surface area contributed by atoms with Gasteiger partial charge in [0.15, 0.2) is 5.82 Å². The van der Waals surface area contributed by atoms with Crippen LogP contribution in [0.1, 0.15) is 28.6 Å². The molecule has 1 saturated heterocycles. The summed E-state index contributed by atoms with van der Waals surface area (Å²) in [6.07, 6.45) is 0. The molecule has 0 bridgehead atoms. The van der Waals surface area contributed by atoms with Gasteiger partial charge in [-0.25, -0.2) is 4.68 Å². The van der Waals surface area contributed by atoms with Crippen LogP contribution in [0.3, 0.4) is 0 Å². The quantitative estimate of drug-likeness (QED) is 0.573. The van der Waals surface area contributed by atoms with Crippen molar-refractivity contribution >= 4 is 0 Å². The lowest BCUT2D eigenvalue weighted by molar-refractivity contribution is 0.0988. The molecule has 0 unspecified atom stereocenters. The van der Waals surface area contributed by atoms with Crippen molar-refractivity contribution in [3.05, 3.63) is 77.1 Å². The molecular formula is C23H30N6O. The number of rotatable bonds is 8. The molecular weight excluding hydrogens is 376 g/mol. The maximum absolute atomic E-state index is 5.25. The van der Waals surface area contributed by atoms with Gasteiger partial charge in [0.05, 0.1) is 19.2 Å². The Bertz CT molecular complexity index is 903. The topological polar surface area (TPSA) is 59.3 Å². The molecule has 4 rings (SSSR count). The summed E-state index contributed by atoms with van der Waals surface area (Å²) in [5.41, 5.74) is 3.85. The van der Waals surface area contributed by atoms with Gasteiger partial charge in [-0.3, -0.25) is 9.80 Å². The van der Waals surface area contributed by atoms with Crippen molar-refractivity contribution in [2.45, 2.75) is 26.1 Å². The van der Waals surface area contributed by atoms with E-state index in [2.05, 4.69) is 86.8 Å². The van der Waals surface area contributed by atoms with E-state index in [1.165, 1.54) is 16.7 Å². The number of ether oxygens (including phenoxy) is 1. The Hall–Kier alpha value is -2.61. The number of benzene rings is 2. The van der Waals surface area contributed by atoms with Crippen LogP contribution >= 0.6 is 0 Å². The van der Waals surface area contributed by atoms with Gasteiger partial charge in [0.1, 0.15) is 0 Å². The molecule has 0 aliphatic carbocycles. The zero-order valence-electron chi connectivity index (χ0n) is 17.8. The number of hydrogen-bond acceptors (Lipinski definition) is 6. The van der Waals surface area contributed by atoms with E-state index in [0.29, 0.717) is 13.2 Å². The van der Waals surface area contributed by atoms with Crippen LogP contribution < -0.4 is 0 Å². The lowest BCUT2D eigenvalue weighted by Crippen LogP contribution is -2.48. The molecule has 1 aliphatic rings. The zero-order valence-corrected chi connectivity index (χ0v) is 17.8. The maximum atomic E-state index is 5.25. The lowest BCUT2D eigenvalue weighted by atomic mass is 10.0. The number of piperazine rings is 1. The molecule has 1 fully saturated rings. The summed E-state index contributed by atoms with van der Waals surface area (Å²) in [6.45, 7) is 8.34. The van der Waals surface area contributed by atoms with E-state index in [9.17, 15) is 0 Å². The Kier molecular flexibility index (Phi) is 6.84. The van der Waals surface area contributed by atoms with Crippen molar-refractivity contribution in [3.63, 3.8) is 0 Å². The van der Waals surface area contributed by atoms with Crippen LogP contribution in [0.2, 0.25) is 0 Å². The van der Waals surface area contributed by atoms with Crippen LogP contribution in [-0.4, -0.2) is 69.9 Å². The van der Waals surface area contributed by atoms with Crippen molar-refractivity contribution < 1.29 is 4.74 Å². The van der Waals surface area contributed by atoms with Crippen molar-refractivity contribution in [2.24, 2.45) is 0 Å². The fraction of sp³-hybridized carbons (Fsp3) is 0.435. The smallest absolute Gasteiger partial charge is 0.173 e. The second-order valence-corrected chi connectivity index (χ2v) is 7.86. The summed E-state index contributed by atoms with van der Waals surface area (Å²) < 4.78 is 7.13. The van der Waals surface area contributed by atoms with Gasteiger partial charge in [0, 0.05) is 39.8 Å². The summed E-state index contributed by atoms with van der Waals surface area (Å²) in [5, 5.41) is 12.6. The molecule has 2 aromatic carbocycles. The molecule has 0 saturated carbocycles. The molecule has 7 heteroatoms. The van der Waals surface area contributed by atoms with E-state index >= 15 is 0 Å². The highest BCUT2D eigenvalue weighted by molar-refractivity contribution is 5.28. The molecule has 0 radical (unpaired) electrons. The second kappa shape index (κ2) is 9.93. The van der Waals surface area contributed by atoms with Crippen LogP contribution in [-0.2, 0) is 17.8 Å². The minimum absolute atomic E-state index is 0.0383. The predicted octanol–water partition coefficient (Wildman–Crippen LogP) is 2.54. The Morgan fingerprint density at radius 1 is 0.967 bits per heavy atom. The molecule has 1 atom stereocenters. The number of tetrazole rings is 1. The van der Waals surface area contributed by atoms with Gasteiger partial charge >= 0.3 is 0 Å². The van der Waals surface area contributed by atoms with Crippen LogP contribution in [0.25, 0.3) is 0 Å². The third-order valence-electron chi connectivity index (χ3n) is 5.73. The first kappa shape index (κ1) is 20.7. The highest BCUT2D eigenvalue weighted by Crippen LogP contribution is 2.28. The zero-order chi connectivity index (χ0) is 20.8. The number of aromatic nitrogens is 4. The number of methoxy groups -OCH3 is 1. The van der Waals surface area contributed by atoms with E-state index in [1.807, 2.05) is 4.68 Å². The first-order valence-electron chi connectivity index (χ1n) is 10.6. The molecule has 30 heavy (non-hydrogen) atoms. The largest absolute Gasteiger partial charge is 0.383 e. The number of nitrogens with zero attached hydrogens (tertiary/aromatic N) is 6. The van der Waals surface area contributed by atoms with Crippen molar-refractivity contribution in [1.29, 1.82) is 0 Å². The van der Waals surface area contributed by atoms with Crippen molar-refractivity contribution in [3.8, 4) is 0 Å². The van der Waals surface area contributed by atoms with Gasteiger partial charge in [-0.2, -0.15) is 0 Å². The van der Waals surface area contributed by atoms with E-state index in [4.69, 9.17) is 4.74 Å². The minimum Gasteiger partial charge on any atom is -0.383 e. The molecule has 0 N–H and O–H groups in total. The minimum atomic E-state index is 0.0383. The predicted molar refractivity (Wildman–Crippen MR) is 116 cm³/mol.